The van der Waals surface area contributed by atoms with Gasteiger partial charge in [0, 0.05) is 32.3 Å². The second-order valence-corrected chi connectivity index (χ2v) is 5.45. The Morgan fingerprint density at radius 3 is 3.00 bits per heavy atom. The summed E-state index contributed by atoms with van der Waals surface area (Å²) in [5.74, 6) is 0.422. The van der Waals surface area contributed by atoms with Crippen molar-refractivity contribution in [2.24, 2.45) is 5.73 Å². The zero-order chi connectivity index (χ0) is 15.2. The van der Waals surface area contributed by atoms with Crippen LogP contribution in [0.2, 0.25) is 0 Å². The Labute approximate surface area is 124 Å². The largest absolute Gasteiger partial charge is 0.486 e. The third-order valence-corrected chi connectivity index (χ3v) is 3.81. The third-order valence-electron chi connectivity index (χ3n) is 3.81. The van der Waals surface area contributed by atoms with Crippen molar-refractivity contribution in [2.45, 2.75) is 38.4 Å². The Kier molecular flexibility index (Phi) is 5.52. The number of aryl methyl sites for hydroxylation is 1. The Morgan fingerprint density at radius 2 is 2.29 bits per heavy atom. The molecule has 0 radical (unpaired) electrons. The van der Waals surface area contributed by atoms with E-state index in [2.05, 4.69) is 9.88 Å². The van der Waals surface area contributed by atoms with Crippen molar-refractivity contribution in [3.8, 4) is 5.75 Å². The van der Waals surface area contributed by atoms with Crippen LogP contribution in [0.3, 0.4) is 0 Å². The lowest BCUT2D eigenvalue weighted by molar-refractivity contribution is -0.118. The van der Waals surface area contributed by atoms with E-state index in [1.54, 1.807) is 6.20 Å². The van der Waals surface area contributed by atoms with Crippen molar-refractivity contribution in [1.29, 1.82) is 0 Å². The molecule has 0 aromatic carbocycles. The van der Waals surface area contributed by atoms with Crippen LogP contribution in [0.15, 0.2) is 18.3 Å². The van der Waals surface area contributed by atoms with E-state index in [9.17, 15) is 9.90 Å². The molecule has 6 heteroatoms. The quantitative estimate of drug-likeness (QED) is 0.824. The van der Waals surface area contributed by atoms with Gasteiger partial charge in [0.1, 0.15) is 11.9 Å². The lowest BCUT2D eigenvalue weighted by Crippen LogP contribution is -2.31. The Balaban J connectivity index is 1.92. The van der Waals surface area contributed by atoms with Crippen molar-refractivity contribution < 1.29 is 14.6 Å². The first-order valence-electron chi connectivity index (χ1n) is 7.33. The summed E-state index contributed by atoms with van der Waals surface area (Å²) >= 11 is 0. The number of hydrogen-bond donors (Lipinski definition) is 2. The van der Waals surface area contributed by atoms with Gasteiger partial charge in [-0.3, -0.25) is 9.78 Å². The first-order valence-corrected chi connectivity index (χ1v) is 7.33. The topological polar surface area (TPSA) is 88.7 Å². The molecule has 3 N–H and O–H groups in total. The molecule has 0 bridgehead atoms. The van der Waals surface area contributed by atoms with Crippen LogP contribution >= 0.6 is 0 Å². The van der Waals surface area contributed by atoms with Gasteiger partial charge in [0.2, 0.25) is 5.91 Å². The molecule has 1 aromatic rings. The van der Waals surface area contributed by atoms with Crippen molar-refractivity contribution in [1.82, 2.24) is 9.88 Å². The first kappa shape index (κ1) is 15.7. The Hall–Kier alpha value is -1.66. The molecule has 1 aromatic heterocycles. The Bertz CT molecular complexity index is 481. The smallest absolute Gasteiger partial charge is 0.218 e. The number of aliphatic hydroxyl groups excluding tert-OH is 1. The maximum Gasteiger partial charge on any atom is 0.218 e. The minimum atomic E-state index is -0.511. The average Bonchev–Trinajstić information content (AvgIpc) is 2.62. The van der Waals surface area contributed by atoms with Gasteiger partial charge in [-0.2, -0.15) is 0 Å². The molecule has 0 aliphatic carbocycles. The molecule has 1 aliphatic heterocycles. The number of nitrogens with two attached hydrogens (primary N) is 1. The predicted molar refractivity (Wildman–Crippen MR) is 78.9 cm³/mol. The SMILES string of the molecule is Cc1ncccc1O[C@H]1CCN(CCC(N)=O)CC[C@@H]1O. The number of aliphatic hydroxyl groups is 1. The van der Waals surface area contributed by atoms with Gasteiger partial charge in [0.15, 0.2) is 0 Å². The molecule has 21 heavy (non-hydrogen) atoms. The third kappa shape index (κ3) is 4.68. The molecule has 2 heterocycles. The lowest BCUT2D eigenvalue weighted by atomic mass is 10.1. The number of amides is 1. The summed E-state index contributed by atoms with van der Waals surface area (Å²) in [6.07, 6.45) is 2.66. The summed E-state index contributed by atoms with van der Waals surface area (Å²) in [4.78, 5) is 17.2. The molecule has 0 unspecified atom stereocenters. The highest BCUT2D eigenvalue weighted by Crippen LogP contribution is 2.21. The molecule has 1 amide bonds. The molecule has 1 aliphatic rings. The summed E-state index contributed by atoms with van der Waals surface area (Å²) in [5.41, 5.74) is 5.99. The first-order chi connectivity index (χ1) is 10.1. The summed E-state index contributed by atoms with van der Waals surface area (Å²) in [6.45, 7) is 4.06. The number of hydrogen-bond acceptors (Lipinski definition) is 5. The fourth-order valence-electron chi connectivity index (χ4n) is 2.50. The highest BCUT2D eigenvalue weighted by Gasteiger charge is 2.26. The van der Waals surface area contributed by atoms with Crippen LogP contribution < -0.4 is 10.5 Å². The van der Waals surface area contributed by atoms with Gasteiger partial charge in [0.25, 0.3) is 0 Å². The van der Waals surface area contributed by atoms with E-state index >= 15 is 0 Å². The summed E-state index contributed by atoms with van der Waals surface area (Å²) in [5, 5.41) is 10.2. The molecule has 116 valence electrons. The van der Waals surface area contributed by atoms with Crippen LogP contribution in [0.25, 0.3) is 0 Å². The molecule has 2 rings (SSSR count). The number of carbonyl (C=O) groups is 1. The number of nitrogens with zero attached hydrogens (tertiary/aromatic N) is 2. The van der Waals surface area contributed by atoms with Crippen molar-refractivity contribution in [3.05, 3.63) is 24.0 Å². The second kappa shape index (κ2) is 7.38. The van der Waals surface area contributed by atoms with E-state index in [1.807, 2.05) is 19.1 Å². The van der Waals surface area contributed by atoms with Crippen LogP contribution in [0, 0.1) is 6.92 Å². The van der Waals surface area contributed by atoms with Gasteiger partial charge in [-0.15, -0.1) is 0 Å². The highest BCUT2D eigenvalue weighted by molar-refractivity contribution is 5.73. The zero-order valence-corrected chi connectivity index (χ0v) is 12.4. The summed E-state index contributed by atoms with van der Waals surface area (Å²) in [7, 11) is 0. The average molecular weight is 293 g/mol. The number of primary amides is 1. The van der Waals surface area contributed by atoms with Crippen LogP contribution in [0.4, 0.5) is 0 Å². The lowest BCUT2D eigenvalue weighted by Gasteiger charge is -2.22. The summed E-state index contributed by atoms with van der Waals surface area (Å²) < 4.78 is 5.92. The maximum absolute atomic E-state index is 10.8. The van der Waals surface area contributed by atoms with Gasteiger partial charge < -0.3 is 20.5 Å². The molecule has 0 saturated carbocycles. The number of ether oxygens (including phenoxy) is 1. The van der Waals surface area contributed by atoms with Gasteiger partial charge in [0.05, 0.1) is 11.8 Å². The molecular formula is C15H23N3O3. The second-order valence-electron chi connectivity index (χ2n) is 5.45. The minimum Gasteiger partial charge on any atom is -0.486 e. The standard InChI is InChI=1S/C15H23N3O3/c1-11-13(3-2-7-17-11)21-14-5-9-18(8-4-12(14)19)10-6-15(16)20/h2-3,7,12,14,19H,4-6,8-10H2,1H3,(H2,16,20)/t12-,14-/m0/s1. The zero-order valence-electron chi connectivity index (χ0n) is 12.4. The van der Waals surface area contributed by atoms with Gasteiger partial charge in [-0.05, 0) is 31.9 Å². The summed E-state index contributed by atoms with van der Waals surface area (Å²) in [6, 6.07) is 3.69. The van der Waals surface area contributed by atoms with Crippen LogP contribution in [0.5, 0.6) is 5.75 Å². The van der Waals surface area contributed by atoms with Crippen molar-refractivity contribution in [3.63, 3.8) is 0 Å². The highest BCUT2D eigenvalue weighted by atomic mass is 16.5. The Morgan fingerprint density at radius 1 is 1.52 bits per heavy atom. The fraction of sp³-hybridized carbons (Fsp3) is 0.600. The molecule has 6 nitrogen and oxygen atoms in total. The van der Waals surface area contributed by atoms with E-state index in [4.69, 9.17) is 10.5 Å². The van der Waals surface area contributed by atoms with Crippen molar-refractivity contribution >= 4 is 5.91 Å². The van der Waals surface area contributed by atoms with E-state index < -0.39 is 6.10 Å². The fourth-order valence-corrected chi connectivity index (χ4v) is 2.50. The van der Waals surface area contributed by atoms with Gasteiger partial charge in [-0.1, -0.05) is 0 Å². The van der Waals surface area contributed by atoms with Crippen LogP contribution in [0.1, 0.15) is 25.0 Å². The van der Waals surface area contributed by atoms with Crippen molar-refractivity contribution in [2.75, 3.05) is 19.6 Å². The van der Waals surface area contributed by atoms with Gasteiger partial charge in [-0.25, -0.2) is 0 Å². The number of aromatic nitrogens is 1. The molecule has 1 saturated heterocycles. The minimum absolute atomic E-state index is 0.244. The monoisotopic (exact) mass is 293 g/mol. The molecule has 1 fully saturated rings. The maximum atomic E-state index is 10.8. The number of likely N-dealkylation sites (tertiary alicyclic amines) is 1. The van der Waals surface area contributed by atoms with Gasteiger partial charge >= 0.3 is 0 Å². The van der Waals surface area contributed by atoms with Crippen LogP contribution in [-0.4, -0.2) is 52.7 Å². The molecular weight excluding hydrogens is 270 g/mol. The number of carbonyl (C=O) groups excluding carboxylic acids is 1. The van der Waals surface area contributed by atoms with E-state index in [0.29, 0.717) is 31.6 Å². The number of rotatable bonds is 5. The normalized spacial score (nSPS) is 23.5. The number of pyridine rings is 1. The van der Waals surface area contributed by atoms with E-state index in [0.717, 1.165) is 18.8 Å². The van der Waals surface area contributed by atoms with E-state index in [1.165, 1.54) is 0 Å². The van der Waals surface area contributed by atoms with E-state index in [-0.39, 0.29) is 12.0 Å². The molecule has 0 spiro atoms. The van der Waals surface area contributed by atoms with Crippen LogP contribution in [-0.2, 0) is 4.79 Å². The predicted octanol–water partition coefficient (Wildman–Crippen LogP) is 0.470. The molecule has 2 atom stereocenters.